The van der Waals surface area contributed by atoms with E-state index in [-0.39, 0.29) is 41.0 Å². The Kier molecular flexibility index (Phi) is 5.56. The van der Waals surface area contributed by atoms with Crippen LogP contribution in [0, 0.1) is 16.6 Å². The molecule has 0 saturated heterocycles. The summed E-state index contributed by atoms with van der Waals surface area (Å²) in [4.78, 5) is 45.6. The minimum absolute atomic E-state index is 0.110. The first-order chi connectivity index (χ1) is 14.8. The molecule has 2 aromatic rings. The number of ketones is 1. The molecular weight excluding hydrogens is 399 g/mol. The van der Waals surface area contributed by atoms with E-state index in [2.05, 4.69) is 20.6 Å². The molecule has 1 aromatic carbocycles. The topological polar surface area (TPSA) is 101 Å². The van der Waals surface area contributed by atoms with Crippen LogP contribution in [0.25, 0.3) is 0 Å². The molecule has 3 aliphatic carbocycles. The Morgan fingerprint density at radius 3 is 2.19 bits per heavy atom. The number of carbonyl (C=O) groups is 3. The molecule has 31 heavy (non-hydrogen) atoms. The Morgan fingerprint density at radius 2 is 1.58 bits per heavy atom. The lowest BCUT2D eigenvalue weighted by molar-refractivity contribution is -0.145. The monoisotopic (exact) mass is 424 g/mol. The van der Waals surface area contributed by atoms with Crippen molar-refractivity contribution in [3.05, 3.63) is 53.7 Å². The van der Waals surface area contributed by atoms with E-state index >= 15 is 0 Å². The van der Waals surface area contributed by atoms with Gasteiger partial charge < -0.3 is 10.6 Å². The fourth-order valence-electron chi connectivity index (χ4n) is 4.73. The van der Waals surface area contributed by atoms with Gasteiger partial charge in [0, 0.05) is 23.4 Å². The van der Waals surface area contributed by atoms with Crippen LogP contribution in [0.2, 0.25) is 0 Å². The van der Waals surface area contributed by atoms with Crippen LogP contribution in [0.15, 0.2) is 36.7 Å². The summed E-state index contributed by atoms with van der Waals surface area (Å²) >= 11 is 0. The second kappa shape index (κ2) is 8.17. The minimum Gasteiger partial charge on any atom is -0.347 e. The highest BCUT2D eigenvalue weighted by molar-refractivity contribution is 5.97. The van der Waals surface area contributed by atoms with Gasteiger partial charge >= 0.3 is 0 Å². The minimum atomic E-state index is -0.479. The molecule has 2 amide bonds. The van der Waals surface area contributed by atoms with Gasteiger partial charge in [-0.15, -0.1) is 0 Å². The average Bonchev–Trinajstić information content (AvgIpc) is 2.80. The Labute approximate surface area is 179 Å². The van der Waals surface area contributed by atoms with E-state index in [1.165, 1.54) is 24.5 Å². The van der Waals surface area contributed by atoms with Gasteiger partial charge in [-0.1, -0.05) is 12.1 Å². The highest BCUT2D eigenvalue weighted by Crippen LogP contribution is 2.57. The molecule has 1 aromatic heterocycles. The number of benzene rings is 1. The third kappa shape index (κ3) is 4.19. The van der Waals surface area contributed by atoms with Crippen molar-refractivity contribution in [3.63, 3.8) is 0 Å². The number of aromatic nitrogens is 2. The molecule has 5 rings (SSSR count). The zero-order valence-electron chi connectivity index (χ0n) is 17.4. The normalized spacial score (nSPS) is 24.5. The van der Waals surface area contributed by atoms with Gasteiger partial charge in [-0.2, -0.15) is 0 Å². The summed E-state index contributed by atoms with van der Waals surface area (Å²) in [6, 6.07) is 7.29. The Bertz CT molecular complexity index is 997. The summed E-state index contributed by atoms with van der Waals surface area (Å²) in [5.74, 6) is -0.361. The molecule has 0 aliphatic heterocycles. The first-order valence-electron chi connectivity index (χ1n) is 10.5. The van der Waals surface area contributed by atoms with Crippen LogP contribution in [0.5, 0.6) is 0 Å². The highest BCUT2D eigenvalue weighted by Gasteiger charge is 2.54. The number of fused-ring (bicyclic) bond motifs is 3. The first kappa shape index (κ1) is 21.1. The number of halogens is 1. The molecule has 0 atom stereocenters. The molecule has 2 N–H and O–H groups in total. The Hall–Kier alpha value is -3.16. The van der Waals surface area contributed by atoms with Crippen LogP contribution in [0.3, 0.4) is 0 Å². The number of Topliss-reactive ketones (excluding diaryl/α,β-unsaturated/α-hetero) is 1. The van der Waals surface area contributed by atoms with Crippen molar-refractivity contribution in [2.24, 2.45) is 10.8 Å². The molecule has 8 heteroatoms. The molecule has 3 fully saturated rings. The van der Waals surface area contributed by atoms with Gasteiger partial charge in [-0.05, 0) is 63.1 Å². The van der Waals surface area contributed by atoms with Crippen LogP contribution in [-0.2, 0) is 16.1 Å². The largest absolute Gasteiger partial charge is 0.347 e. The fourth-order valence-corrected chi connectivity index (χ4v) is 4.73. The van der Waals surface area contributed by atoms with Crippen molar-refractivity contribution < 1.29 is 18.8 Å². The first-order valence-corrected chi connectivity index (χ1v) is 10.5. The van der Waals surface area contributed by atoms with Gasteiger partial charge in [0.2, 0.25) is 5.91 Å². The quantitative estimate of drug-likeness (QED) is 0.740. The molecule has 0 spiro atoms. The number of amides is 2. The summed E-state index contributed by atoms with van der Waals surface area (Å²) in [7, 11) is 0. The summed E-state index contributed by atoms with van der Waals surface area (Å²) in [5, 5.41) is 5.57. The van der Waals surface area contributed by atoms with Gasteiger partial charge in [0.1, 0.15) is 29.4 Å². The predicted molar refractivity (Wildman–Crippen MR) is 111 cm³/mol. The lowest BCUT2D eigenvalue weighted by atomic mass is 9.52. The number of hydrogen-bond acceptors (Lipinski definition) is 5. The van der Waals surface area contributed by atoms with E-state index in [4.69, 9.17) is 0 Å². The summed E-state index contributed by atoms with van der Waals surface area (Å²) in [6.07, 6.45) is 5.55. The Balaban J connectivity index is 1.38. The molecule has 1 heterocycles. The molecule has 0 radical (unpaired) electrons. The highest BCUT2D eigenvalue weighted by atomic mass is 19.1. The molecule has 3 aliphatic rings. The molecule has 162 valence electrons. The van der Waals surface area contributed by atoms with E-state index in [1.54, 1.807) is 19.1 Å². The van der Waals surface area contributed by atoms with Gasteiger partial charge in [0.05, 0.1) is 0 Å². The number of anilines is 1. The number of nitrogens with one attached hydrogen (secondary N) is 2. The van der Waals surface area contributed by atoms with E-state index in [1.807, 2.05) is 0 Å². The van der Waals surface area contributed by atoms with Crippen molar-refractivity contribution in [2.45, 2.75) is 52.0 Å². The second-order valence-corrected chi connectivity index (χ2v) is 8.67. The van der Waals surface area contributed by atoms with Crippen LogP contribution >= 0.6 is 0 Å². The van der Waals surface area contributed by atoms with Crippen molar-refractivity contribution >= 4 is 23.4 Å². The lowest BCUT2D eigenvalue weighted by Gasteiger charge is -2.51. The molecule has 7 nitrogen and oxygen atoms in total. The third-order valence-electron chi connectivity index (χ3n) is 6.98. The fraction of sp³-hybridized carbons (Fsp3) is 0.435. The van der Waals surface area contributed by atoms with E-state index in [0.29, 0.717) is 19.3 Å². The van der Waals surface area contributed by atoms with Crippen LogP contribution in [-0.4, -0.2) is 27.6 Å². The van der Waals surface area contributed by atoms with E-state index in [9.17, 15) is 18.8 Å². The summed E-state index contributed by atoms with van der Waals surface area (Å²) in [5.41, 5.74) is 0.167. The third-order valence-corrected chi connectivity index (χ3v) is 6.98. The maximum absolute atomic E-state index is 13.1. The van der Waals surface area contributed by atoms with Crippen LogP contribution in [0.4, 0.5) is 10.2 Å². The number of nitrogens with zero attached hydrogens (tertiary/aromatic N) is 2. The number of rotatable bonds is 6. The van der Waals surface area contributed by atoms with Gasteiger partial charge in [-0.25, -0.2) is 14.4 Å². The zero-order valence-corrected chi connectivity index (χ0v) is 17.4. The van der Waals surface area contributed by atoms with Crippen molar-refractivity contribution in [1.82, 2.24) is 15.3 Å². The molecule has 2 bridgehead atoms. The van der Waals surface area contributed by atoms with E-state index in [0.717, 1.165) is 24.8 Å². The maximum Gasteiger partial charge on any atom is 0.270 e. The molecular formula is C23H25FN4O3. The van der Waals surface area contributed by atoms with Crippen molar-refractivity contribution in [2.75, 3.05) is 5.32 Å². The zero-order chi connectivity index (χ0) is 22.1. The summed E-state index contributed by atoms with van der Waals surface area (Å²) < 4.78 is 13.0. The van der Waals surface area contributed by atoms with E-state index < -0.39 is 11.3 Å². The number of carbonyl (C=O) groups excluding carboxylic acids is 3. The van der Waals surface area contributed by atoms with Crippen molar-refractivity contribution in [1.29, 1.82) is 0 Å². The van der Waals surface area contributed by atoms with Gasteiger partial charge in [0.25, 0.3) is 5.91 Å². The molecule has 3 saturated carbocycles. The summed E-state index contributed by atoms with van der Waals surface area (Å²) in [6.45, 7) is 1.88. The molecule has 0 unspecified atom stereocenters. The second-order valence-electron chi connectivity index (χ2n) is 8.67. The van der Waals surface area contributed by atoms with Crippen LogP contribution in [0.1, 0.15) is 61.5 Å². The SMILES string of the molecule is CC(=O)C12CCC(C(=O)Nc3cc(C(=O)NCc4ccc(F)cc4)ncn3)(CC1)CC2. The van der Waals surface area contributed by atoms with Gasteiger partial charge in [0.15, 0.2) is 0 Å². The standard InChI is InChI=1S/C23H25FN4O3/c1-15(29)22-6-9-23(10-7-22,11-8-22)21(31)28-19-12-18(26-14-27-19)20(30)25-13-16-2-4-17(24)5-3-16/h2-5,12,14H,6-11,13H2,1H3,(H,25,30)(H,26,27,28,31). The van der Waals surface area contributed by atoms with Crippen molar-refractivity contribution in [3.8, 4) is 0 Å². The van der Waals surface area contributed by atoms with Crippen LogP contribution < -0.4 is 10.6 Å². The van der Waals surface area contributed by atoms with Gasteiger partial charge in [-0.3, -0.25) is 14.4 Å². The smallest absolute Gasteiger partial charge is 0.270 e. The number of hydrogen-bond donors (Lipinski definition) is 2. The lowest BCUT2D eigenvalue weighted by Crippen LogP contribution is -2.50. The maximum atomic E-state index is 13.1. The Morgan fingerprint density at radius 1 is 0.968 bits per heavy atom. The average molecular weight is 424 g/mol. The predicted octanol–water partition coefficient (Wildman–Crippen LogP) is 3.41.